The number of anilines is 1. The van der Waals surface area contributed by atoms with E-state index in [-0.39, 0.29) is 6.17 Å². The zero-order valence-corrected chi connectivity index (χ0v) is 16.5. The van der Waals surface area contributed by atoms with Gasteiger partial charge in [0.1, 0.15) is 28.8 Å². The molecule has 144 valence electrons. The van der Waals surface area contributed by atoms with Crippen molar-refractivity contribution in [2.45, 2.75) is 11.2 Å². The van der Waals surface area contributed by atoms with Gasteiger partial charge in [-0.05, 0) is 18.2 Å². The third-order valence-corrected chi connectivity index (χ3v) is 5.78. The molecular weight excluding hydrogens is 384 g/mol. The minimum absolute atomic E-state index is 0.0880. The van der Waals surface area contributed by atoms with Gasteiger partial charge in [-0.3, -0.25) is 4.99 Å². The van der Waals surface area contributed by atoms with E-state index in [2.05, 4.69) is 43.2 Å². The van der Waals surface area contributed by atoms with E-state index >= 15 is 0 Å². The number of hydrogen-bond donors (Lipinski definition) is 1. The molecule has 8 heteroatoms. The van der Waals surface area contributed by atoms with Gasteiger partial charge in [-0.1, -0.05) is 36.0 Å². The highest BCUT2D eigenvalue weighted by atomic mass is 32.2. The first-order valence-electron chi connectivity index (χ1n) is 9.16. The van der Waals surface area contributed by atoms with Gasteiger partial charge in [0.25, 0.3) is 0 Å². The van der Waals surface area contributed by atoms with E-state index in [1.54, 1.807) is 31.5 Å². The molecule has 0 aliphatic carbocycles. The molecule has 5 rings (SSSR count). The lowest BCUT2D eigenvalue weighted by molar-refractivity contribution is 0.415. The Bertz CT molecular complexity index is 1290. The molecule has 3 heterocycles. The quantitative estimate of drug-likeness (QED) is 0.408. The summed E-state index contributed by atoms with van der Waals surface area (Å²) in [7, 11) is 1.68. The predicted octanol–water partition coefficient (Wildman–Crippen LogP) is 2.36. The number of hydrogen-bond acceptors (Lipinski definition) is 7. The maximum Gasteiger partial charge on any atom is 0.181 e. The van der Waals surface area contributed by atoms with Gasteiger partial charge in [0, 0.05) is 28.9 Å². The second kappa shape index (κ2) is 7.56. The van der Waals surface area contributed by atoms with Crippen LogP contribution in [0, 0.1) is 0 Å². The van der Waals surface area contributed by atoms with E-state index < -0.39 is 0 Å². The van der Waals surface area contributed by atoms with Gasteiger partial charge in [0.2, 0.25) is 0 Å². The van der Waals surface area contributed by atoms with Crippen LogP contribution in [0.1, 0.15) is 0 Å². The number of thioether (sulfide) groups is 1. The van der Waals surface area contributed by atoms with Crippen molar-refractivity contribution in [1.29, 1.82) is 0 Å². The number of benzene rings is 2. The molecule has 1 N–H and O–H groups in total. The number of H-pyrrole nitrogens is 1. The van der Waals surface area contributed by atoms with Crippen molar-refractivity contribution in [3.05, 3.63) is 71.8 Å². The number of aromatic amines is 1. The third-order valence-electron chi connectivity index (χ3n) is 4.73. The topological polar surface area (TPSA) is 79.3 Å². The van der Waals surface area contributed by atoms with E-state index in [0.29, 0.717) is 11.4 Å². The Morgan fingerprint density at radius 1 is 1.10 bits per heavy atom. The monoisotopic (exact) mass is 402 g/mol. The van der Waals surface area contributed by atoms with Crippen LogP contribution in [0.2, 0.25) is 0 Å². The summed E-state index contributed by atoms with van der Waals surface area (Å²) in [5, 5.41) is 2.95. The van der Waals surface area contributed by atoms with Crippen LogP contribution in [0.15, 0.2) is 71.2 Å². The summed E-state index contributed by atoms with van der Waals surface area (Å²) in [4.78, 5) is 23.1. The van der Waals surface area contributed by atoms with Crippen molar-refractivity contribution >= 4 is 34.8 Å². The van der Waals surface area contributed by atoms with Crippen molar-refractivity contribution in [2.75, 3.05) is 17.8 Å². The Labute approximate surface area is 171 Å². The van der Waals surface area contributed by atoms with Crippen LogP contribution in [0.25, 0.3) is 17.4 Å². The number of aromatic nitrogens is 4. The zero-order chi connectivity index (χ0) is 19.6. The van der Waals surface area contributed by atoms with Crippen LogP contribution in [-0.4, -0.2) is 39.0 Å². The van der Waals surface area contributed by atoms with Gasteiger partial charge in [-0.15, -0.1) is 0 Å². The fourth-order valence-electron chi connectivity index (χ4n) is 3.31. The van der Waals surface area contributed by atoms with E-state index in [0.717, 1.165) is 32.6 Å². The molecule has 1 unspecified atom stereocenters. The van der Waals surface area contributed by atoms with E-state index in [9.17, 15) is 0 Å². The summed E-state index contributed by atoms with van der Waals surface area (Å²) in [5.74, 6) is 1.53. The molecule has 0 radical (unpaired) electrons. The first-order chi connectivity index (χ1) is 14.3. The molecule has 0 saturated carbocycles. The number of methoxy groups -OCH3 is 1. The Balaban J connectivity index is 1.51. The summed E-state index contributed by atoms with van der Waals surface area (Å²) < 4.78 is 5.41. The molecule has 1 aliphatic heterocycles. The Hall–Kier alpha value is -3.39. The molecule has 1 atom stereocenters. The summed E-state index contributed by atoms with van der Waals surface area (Å²) in [6.45, 7) is 0. The molecule has 0 fully saturated rings. The van der Waals surface area contributed by atoms with Crippen LogP contribution in [0.5, 0.6) is 5.75 Å². The van der Waals surface area contributed by atoms with Gasteiger partial charge >= 0.3 is 0 Å². The molecule has 0 saturated heterocycles. The SMILES string of the molecule is COc1cccc(N2C=c3ccccc3=NC2CSc2ncnc3nc[nH]c23)c1. The normalized spacial score (nSPS) is 15.5. The van der Waals surface area contributed by atoms with Crippen molar-refractivity contribution < 1.29 is 4.74 Å². The molecule has 0 bridgehead atoms. The maximum absolute atomic E-state index is 5.41. The zero-order valence-electron chi connectivity index (χ0n) is 15.7. The molecule has 7 nitrogen and oxygen atoms in total. The third kappa shape index (κ3) is 3.42. The van der Waals surface area contributed by atoms with Crippen LogP contribution in [-0.2, 0) is 0 Å². The second-order valence-electron chi connectivity index (χ2n) is 6.50. The second-order valence-corrected chi connectivity index (χ2v) is 7.51. The van der Waals surface area contributed by atoms with Crippen molar-refractivity contribution in [3.8, 4) is 5.75 Å². The number of rotatable bonds is 5. The molecule has 0 amide bonds. The van der Waals surface area contributed by atoms with Crippen LogP contribution in [0.4, 0.5) is 5.69 Å². The van der Waals surface area contributed by atoms with E-state index in [4.69, 9.17) is 9.73 Å². The Morgan fingerprint density at radius 2 is 2.03 bits per heavy atom. The molecule has 2 aromatic heterocycles. The lowest BCUT2D eigenvalue weighted by atomic mass is 10.2. The average molecular weight is 402 g/mol. The minimum atomic E-state index is -0.0880. The summed E-state index contributed by atoms with van der Waals surface area (Å²) in [6.07, 6.45) is 5.25. The van der Waals surface area contributed by atoms with Crippen molar-refractivity contribution in [2.24, 2.45) is 4.99 Å². The summed E-state index contributed by atoms with van der Waals surface area (Å²) >= 11 is 1.64. The Kier molecular flexibility index (Phi) is 4.61. The van der Waals surface area contributed by atoms with Crippen molar-refractivity contribution in [1.82, 2.24) is 19.9 Å². The first-order valence-corrected chi connectivity index (χ1v) is 10.1. The lowest BCUT2D eigenvalue weighted by Gasteiger charge is -2.30. The molecule has 4 aromatic rings. The Morgan fingerprint density at radius 3 is 2.97 bits per heavy atom. The average Bonchev–Trinajstić information content (AvgIpc) is 3.26. The number of ether oxygens (including phenoxy) is 1. The number of nitrogens with one attached hydrogen (secondary N) is 1. The van der Waals surface area contributed by atoms with Gasteiger partial charge in [0.15, 0.2) is 5.65 Å². The van der Waals surface area contributed by atoms with E-state index in [1.807, 2.05) is 36.4 Å². The molecule has 0 spiro atoms. The number of nitrogens with zero attached hydrogens (tertiary/aromatic N) is 5. The standard InChI is InChI=1S/C21H18N6OS/c1-28-16-7-4-6-15(9-16)27-10-14-5-2-3-8-17(14)26-18(27)11-29-21-19-20(23-12-22-19)24-13-25-21/h2-10,12-13,18H,11H2,1H3,(H,22,23,24,25). The number of fused-ring (bicyclic) bond motifs is 2. The number of para-hydroxylation sites is 1. The molecule has 1 aliphatic rings. The molecule has 29 heavy (non-hydrogen) atoms. The fraction of sp³-hybridized carbons (Fsp3) is 0.143. The smallest absolute Gasteiger partial charge is 0.181 e. The van der Waals surface area contributed by atoms with Crippen LogP contribution < -0.4 is 20.2 Å². The lowest BCUT2D eigenvalue weighted by Crippen LogP contribution is -2.43. The fourth-order valence-corrected chi connectivity index (χ4v) is 4.27. The highest BCUT2D eigenvalue weighted by molar-refractivity contribution is 7.99. The minimum Gasteiger partial charge on any atom is -0.497 e. The first kappa shape index (κ1) is 17.7. The van der Waals surface area contributed by atoms with Crippen LogP contribution >= 0.6 is 11.8 Å². The highest BCUT2D eigenvalue weighted by Gasteiger charge is 2.21. The largest absolute Gasteiger partial charge is 0.497 e. The summed E-state index contributed by atoms with van der Waals surface area (Å²) in [5.41, 5.74) is 2.55. The molecular formula is C21H18N6OS. The molecule has 2 aromatic carbocycles. The van der Waals surface area contributed by atoms with Gasteiger partial charge in [0.05, 0.1) is 18.8 Å². The van der Waals surface area contributed by atoms with Crippen LogP contribution in [0.3, 0.4) is 0 Å². The predicted molar refractivity (Wildman–Crippen MR) is 113 cm³/mol. The maximum atomic E-state index is 5.41. The highest BCUT2D eigenvalue weighted by Crippen LogP contribution is 2.28. The van der Waals surface area contributed by atoms with Gasteiger partial charge < -0.3 is 14.6 Å². The van der Waals surface area contributed by atoms with Gasteiger partial charge in [-0.25, -0.2) is 15.0 Å². The number of imidazole rings is 1. The van der Waals surface area contributed by atoms with E-state index in [1.165, 1.54) is 0 Å². The van der Waals surface area contributed by atoms with Crippen molar-refractivity contribution in [3.63, 3.8) is 0 Å². The summed E-state index contributed by atoms with van der Waals surface area (Å²) in [6, 6.07) is 16.2. The van der Waals surface area contributed by atoms with Gasteiger partial charge in [-0.2, -0.15) is 0 Å².